The van der Waals surface area contributed by atoms with E-state index < -0.39 is 0 Å². The van der Waals surface area contributed by atoms with Gasteiger partial charge in [-0.3, -0.25) is 0 Å². The van der Waals surface area contributed by atoms with Crippen LogP contribution in [-0.4, -0.2) is 7.11 Å². The number of thiophene rings is 1. The maximum atomic E-state index is 5.87. The summed E-state index contributed by atoms with van der Waals surface area (Å²) in [7, 11) is 1.66. The Balaban J connectivity index is 1.75. The number of fused-ring (bicyclic) bond motifs is 1. The van der Waals surface area contributed by atoms with Crippen molar-refractivity contribution in [1.29, 1.82) is 0 Å². The van der Waals surface area contributed by atoms with Crippen molar-refractivity contribution in [2.24, 2.45) is 0 Å². The van der Waals surface area contributed by atoms with Gasteiger partial charge in [-0.05, 0) is 30.5 Å². The summed E-state index contributed by atoms with van der Waals surface area (Å²) >= 11 is 1.76. The first kappa shape index (κ1) is 13.2. The van der Waals surface area contributed by atoms with E-state index >= 15 is 0 Å². The molecular formula is C16H17NO2S. The highest BCUT2D eigenvalue weighted by Crippen LogP contribution is 2.28. The molecule has 3 nitrogen and oxygen atoms in total. The highest BCUT2D eigenvalue weighted by molar-refractivity contribution is 7.10. The SMILES string of the molecule is COc1cccc2cc(CN[C@H](C)c3cccs3)oc12. The third-order valence-corrected chi connectivity index (χ3v) is 4.39. The van der Waals surface area contributed by atoms with E-state index in [9.17, 15) is 0 Å². The van der Waals surface area contributed by atoms with Gasteiger partial charge < -0.3 is 14.5 Å². The molecule has 0 amide bonds. The van der Waals surface area contributed by atoms with E-state index in [1.165, 1.54) is 4.88 Å². The molecule has 3 rings (SSSR count). The highest BCUT2D eigenvalue weighted by Gasteiger charge is 2.10. The van der Waals surface area contributed by atoms with Crippen LogP contribution in [0.3, 0.4) is 0 Å². The molecule has 0 saturated heterocycles. The van der Waals surface area contributed by atoms with Gasteiger partial charge in [0.2, 0.25) is 0 Å². The van der Waals surface area contributed by atoms with Gasteiger partial charge in [-0.2, -0.15) is 0 Å². The molecule has 0 aliphatic heterocycles. The first-order valence-electron chi connectivity index (χ1n) is 6.60. The standard InChI is InChI=1S/C16H17NO2S/c1-11(15-7-4-8-20-15)17-10-13-9-12-5-3-6-14(18-2)16(12)19-13/h3-9,11,17H,10H2,1-2H3/t11-/m1/s1. The molecule has 0 radical (unpaired) electrons. The molecule has 2 aromatic heterocycles. The van der Waals surface area contributed by atoms with E-state index in [1.807, 2.05) is 18.2 Å². The number of para-hydroxylation sites is 1. The maximum absolute atomic E-state index is 5.87. The fraction of sp³-hybridized carbons (Fsp3) is 0.250. The van der Waals surface area contributed by atoms with Crippen LogP contribution in [0.5, 0.6) is 5.75 Å². The van der Waals surface area contributed by atoms with Gasteiger partial charge in [0.15, 0.2) is 11.3 Å². The second-order valence-corrected chi connectivity index (χ2v) is 5.69. The Kier molecular flexibility index (Phi) is 3.76. The summed E-state index contributed by atoms with van der Waals surface area (Å²) in [5.41, 5.74) is 0.815. The molecule has 0 unspecified atom stereocenters. The Hall–Kier alpha value is -1.78. The third kappa shape index (κ3) is 2.57. The Morgan fingerprint density at radius 2 is 2.20 bits per heavy atom. The Morgan fingerprint density at radius 3 is 2.95 bits per heavy atom. The zero-order chi connectivity index (χ0) is 13.9. The summed E-state index contributed by atoms with van der Waals surface area (Å²) in [5.74, 6) is 1.70. The van der Waals surface area contributed by atoms with Crippen molar-refractivity contribution < 1.29 is 9.15 Å². The molecule has 1 aromatic carbocycles. The van der Waals surface area contributed by atoms with Gasteiger partial charge in [0.1, 0.15) is 5.76 Å². The summed E-state index contributed by atoms with van der Waals surface area (Å²) in [5, 5.41) is 6.65. The van der Waals surface area contributed by atoms with Crippen LogP contribution in [0.15, 0.2) is 46.2 Å². The van der Waals surface area contributed by atoms with E-state index in [1.54, 1.807) is 18.4 Å². The van der Waals surface area contributed by atoms with Crippen LogP contribution in [0, 0.1) is 0 Å². The van der Waals surface area contributed by atoms with Crippen LogP contribution < -0.4 is 10.1 Å². The van der Waals surface area contributed by atoms with Crippen molar-refractivity contribution in [3.63, 3.8) is 0 Å². The monoisotopic (exact) mass is 287 g/mol. The summed E-state index contributed by atoms with van der Waals surface area (Å²) in [6.07, 6.45) is 0. The molecule has 20 heavy (non-hydrogen) atoms. The minimum absolute atomic E-state index is 0.324. The normalized spacial score (nSPS) is 12.7. The molecular weight excluding hydrogens is 270 g/mol. The minimum Gasteiger partial charge on any atom is -0.493 e. The van der Waals surface area contributed by atoms with Crippen LogP contribution >= 0.6 is 11.3 Å². The van der Waals surface area contributed by atoms with Crippen molar-refractivity contribution in [3.8, 4) is 5.75 Å². The van der Waals surface area contributed by atoms with Gasteiger partial charge in [0, 0.05) is 16.3 Å². The summed E-state index contributed by atoms with van der Waals surface area (Å²) in [4.78, 5) is 1.33. The maximum Gasteiger partial charge on any atom is 0.176 e. The predicted molar refractivity (Wildman–Crippen MR) is 82.3 cm³/mol. The van der Waals surface area contributed by atoms with E-state index in [2.05, 4.69) is 35.8 Å². The van der Waals surface area contributed by atoms with Gasteiger partial charge in [0.25, 0.3) is 0 Å². The largest absolute Gasteiger partial charge is 0.493 e. The lowest BCUT2D eigenvalue weighted by atomic mass is 10.2. The van der Waals surface area contributed by atoms with Crippen molar-refractivity contribution in [1.82, 2.24) is 5.32 Å². The fourth-order valence-electron chi connectivity index (χ4n) is 2.23. The van der Waals surface area contributed by atoms with Crippen LogP contribution in [0.1, 0.15) is 23.6 Å². The lowest BCUT2D eigenvalue weighted by molar-refractivity contribution is 0.405. The molecule has 1 atom stereocenters. The van der Waals surface area contributed by atoms with Crippen molar-refractivity contribution in [3.05, 3.63) is 52.4 Å². The van der Waals surface area contributed by atoms with Gasteiger partial charge >= 0.3 is 0 Å². The molecule has 0 saturated carbocycles. The molecule has 0 aliphatic carbocycles. The number of nitrogens with one attached hydrogen (secondary N) is 1. The van der Waals surface area contributed by atoms with Crippen molar-refractivity contribution in [2.75, 3.05) is 7.11 Å². The van der Waals surface area contributed by atoms with E-state index in [0.29, 0.717) is 12.6 Å². The molecule has 1 N–H and O–H groups in total. The number of rotatable bonds is 5. The van der Waals surface area contributed by atoms with Crippen LogP contribution in [0.2, 0.25) is 0 Å². The van der Waals surface area contributed by atoms with E-state index in [0.717, 1.165) is 22.5 Å². The third-order valence-electron chi connectivity index (χ3n) is 3.33. The van der Waals surface area contributed by atoms with Crippen molar-refractivity contribution in [2.45, 2.75) is 19.5 Å². The van der Waals surface area contributed by atoms with E-state index in [-0.39, 0.29) is 0 Å². The smallest absolute Gasteiger partial charge is 0.176 e. The number of methoxy groups -OCH3 is 1. The zero-order valence-electron chi connectivity index (χ0n) is 11.6. The number of hydrogen-bond acceptors (Lipinski definition) is 4. The van der Waals surface area contributed by atoms with Gasteiger partial charge in [-0.1, -0.05) is 18.2 Å². The average molecular weight is 287 g/mol. The number of ether oxygens (including phenoxy) is 1. The van der Waals surface area contributed by atoms with Gasteiger partial charge in [0.05, 0.1) is 13.7 Å². The number of benzene rings is 1. The van der Waals surface area contributed by atoms with Crippen LogP contribution in [-0.2, 0) is 6.54 Å². The van der Waals surface area contributed by atoms with Gasteiger partial charge in [-0.15, -0.1) is 11.3 Å². The predicted octanol–water partition coefficient (Wildman–Crippen LogP) is 4.35. The highest BCUT2D eigenvalue weighted by atomic mass is 32.1. The van der Waals surface area contributed by atoms with Crippen molar-refractivity contribution >= 4 is 22.3 Å². The van der Waals surface area contributed by atoms with Crippen LogP contribution in [0.25, 0.3) is 11.0 Å². The minimum atomic E-state index is 0.324. The molecule has 4 heteroatoms. The summed E-state index contributed by atoms with van der Waals surface area (Å²) in [6, 6.07) is 12.5. The number of furan rings is 1. The first-order chi connectivity index (χ1) is 9.78. The Bertz CT molecular complexity index is 688. The molecule has 3 aromatic rings. The molecule has 0 bridgehead atoms. The second kappa shape index (κ2) is 5.69. The first-order valence-corrected chi connectivity index (χ1v) is 7.48. The second-order valence-electron chi connectivity index (χ2n) is 4.71. The molecule has 0 fully saturated rings. The topological polar surface area (TPSA) is 34.4 Å². The quantitative estimate of drug-likeness (QED) is 0.757. The van der Waals surface area contributed by atoms with E-state index in [4.69, 9.17) is 9.15 Å². The Morgan fingerprint density at radius 1 is 1.30 bits per heavy atom. The van der Waals surface area contributed by atoms with Gasteiger partial charge in [-0.25, -0.2) is 0 Å². The fourth-order valence-corrected chi connectivity index (χ4v) is 2.99. The van der Waals surface area contributed by atoms with Crippen LogP contribution in [0.4, 0.5) is 0 Å². The number of hydrogen-bond donors (Lipinski definition) is 1. The zero-order valence-corrected chi connectivity index (χ0v) is 12.4. The lowest BCUT2D eigenvalue weighted by Crippen LogP contribution is -2.16. The molecule has 2 heterocycles. The average Bonchev–Trinajstić information content (AvgIpc) is 3.12. The Labute approximate surface area is 122 Å². The molecule has 0 aliphatic rings. The lowest BCUT2D eigenvalue weighted by Gasteiger charge is -2.10. The summed E-state index contributed by atoms with van der Waals surface area (Å²) < 4.78 is 11.2. The molecule has 104 valence electrons. The molecule has 0 spiro atoms. The summed E-state index contributed by atoms with van der Waals surface area (Å²) in [6.45, 7) is 2.87.